The van der Waals surface area contributed by atoms with Crippen LogP contribution in [0.5, 0.6) is 0 Å². The second-order valence-electron chi connectivity index (χ2n) is 9.73. The maximum absolute atomic E-state index is 13.9. The topological polar surface area (TPSA) is 86.8 Å². The maximum Gasteiger partial charge on any atom is 0.264 e. The summed E-state index contributed by atoms with van der Waals surface area (Å²) in [6, 6.07) is 23.8. The molecule has 1 N–H and O–H groups in total. The van der Waals surface area contributed by atoms with Crippen LogP contribution in [0.4, 0.5) is 5.69 Å². The molecule has 202 valence electrons. The van der Waals surface area contributed by atoms with Crippen molar-refractivity contribution < 1.29 is 18.0 Å². The number of aryl methyl sites for hydroxylation is 1. The van der Waals surface area contributed by atoms with Gasteiger partial charge in [-0.15, -0.1) is 0 Å². The van der Waals surface area contributed by atoms with Gasteiger partial charge in [0.2, 0.25) is 11.8 Å². The SMILES string of the molecule is CCC(C(=O)NCC(C)C)N(Cc1ccccc1)C(=O)CN(c1ccccc1)S(=O)(=O)c1ccc(C)cc1. The Morgan fingerprint density at radius 3 is 2.00 bits per heavy atom. The Morgan fingerprint density at radius 2 is 1.45 bits per heavy atom. The molecule has 2 amide bonds. The summed E-state index contributed by atoms with van der Waals surface area (Å²) in [6.07, 6.45) is 0.387. The number of carbonyl (C=O) groups is 2. The zero-order chi connectivity index (χ0) is 27.7. The van der Waals surface area contributed by atoms with Gasteiger partial charge in [0, 0.05) is 13.1 Å². The number of nitrogens with zero attached hydrogens (tertiary/aromatic N) is 2. The first kappa shape index (κ1) is 28.9. The number of para-hydroxylation sites is 1. The largest absolute Gasteiger partial charge is 0.354 e. The Balaban J connectivity index is 2.00. The first-order valence-electron chi connectivity index (χ1n) is 12.9. The molecule has 0 aliphatic rings. The third-order valence-electron chi connectivity index (χ3n) is 6.20. The number of anilines is 1. The van der Waals surface area contributed by atoms with Crippen molar-refractivity contribution in [1.82, 2.24) is 10.2 Å². The molecule has 0 aliphatic carbocycles. The normalized spacial score (nSPS) is 12.1. The van der Waals surface area contributed by atoms with Gasteiger partial charge >= 0.3 is 0 Å². The van der Waals surface area contributed by atoms with E-state index in [9.17, 15) is 18.0 Å². The van der Waals surface area contributed by atoms with Crippen molar-refractivity contribution in [3.05, 3.63) is 96.1 Å². The van der Waals surface area contributed by atoms with Crippen molar-refractivity contribution in [3.8, 4) is 0 Å². The van der Waals surface area contributed by atoms with E-state index in [0.29, 0.717) is 18.7 Å². The molecule has 0 saturated carbocycles. The van der Waals surface area contributed by atoms with Crippen molar-refractivity contribution >= 4 is 27.5 Å². The maximum atomic E-state index is 13.9. The fourth-order valence-corrected chi connectivity index (χ4v) is 5.50. The molecule has 0 saturated heterocycles. The fourth-order valence-electron chi connectivity index (χ4n) is 4.08. The average molecular weight is 536 g/mol. The van der Waals surface area contributed by atoms with Crippen LogP contribution in [0.2, 0.25) is 0 Å². The minimum atomic E-state index is -4.06. The highest BCUT2D eigenvalue weighted by atomic mass is 32.2. The number of hydrogen-bond donors (Lipinski definition) is 1. The molecule has 8 heteroatoms. The van der Waals surface area contributed by atoms with E-state index in [1.165, 1.54) is 4.90 Å². The van der Waals surface area contributed by atoms with Gasteiger partial charge in [-0.3, -0.25) is 13.9 Å². The molecular weight excluding hydrogens is 498 g/mol. The quantitative estimate of drug-likeness (QED) is 0.362. The molecular formula is C30H37N3O4S. The number of hydrogen-bond acceptors (Lipinski definition) is 4. The van der Waals surface area contributed by atoms with Crippen LogP contribution in [0.3, 0.4) is 0 Å². The van der Waals surface area contributed by atoms with Crippen molar-refractivity contribution in [1.29, 1.82) is 0 Å². The van der Waals surface area contributed by atoms with Gasteiger partial charge in [0.25, 0.3) is 10.0 Å². The molecule has 0 aromatic heterocycles. The monoisotopic (exact) mass is 535 g/mol. The Kier molecular flexibility index (Phi) is 10.1. The zero-order valence-corrected chi connectivity index (χ0v) is 23.3. The Labute approximate surface area is 226 Å². The Bertz CT molecular complexity index is 1290. The molecule has 0 aliphatic heterocycles. The standard InChI is InChI=1S/C30H37N3O4S/c1-5-28(30(35)31-20-23(2)3)32(21-25-12-8-6-9-13-25)29(34)22-33(26-14-10-7-11-15-26)38(36,37)27-18-16-24(4)17-19-27/h6-19,23,28H,5,20-22H2,1-4H3,(H,31,35). The second-order valence-corrected chi connectivity index (χ2v) is 11.6. The third-order valence-corrected chi connectivity index (χ3v) is 7.99. The molecule has 0 fully saturated rings. The summed E-state index contributed by atoms with van der Waals surface area (Å²) in [6.45, 7) is 7.96. The zero-order valence-electron chi connectivity index (χ0n) is 22.5. The number of nitrogens with one attached hydrogen (secondary N) is 1. The number of rotatable bonds is 12. The molecule has 0 spiro atoms. The van der Waals surface area contributed by atoms with Crippen molar-refractivity contribution in [2.45, 2.75) is 51.6 Å². The van der Waals surface area contributed by atoms with Crippen LogP contribution < -0.4 is 9.62 Å². The molecule has 3 rings (SSSR count). The molecule has 0 heterocycles. The van der Waals surface area contributed by atoms with Crippen molar-refractivity contribution in [3.63, 3.8) is 0 Å². The molecule has 0 bridgehead atoms. The van der Waals surface area contributed by atoms with Crippen LogP contribution in [0, 0.1) is 12.8 Å². The third kappa shape index (κ3) is 7.44. The van der Waals surface area contributed by atoms with E-state index >= 15 is 0 Å². The van der Waals surface area contributed by atoms with Crippen LogP contribution in [0.15, 0.2) is 89.8 Å². The summed E-state index contributed by atoms with van der Waals surface area (Å²) >= 11 is 0. The highest BCUT2D eigenvalue weighted by Gasteiger charge is 2.33. The van der Waals surface area contributed by atoms with Gasteiger partial charge in [-0.2, -0.15) is 0 Å². The van der Waals surface area contributed by atoms with E-state index in [2.05, 4.69) is 5.32 Å². The molecule has 7 nitrogen and oxygen atoms in total. The van der Waals surface area contributed by atoms with Crippen LogP contribution in [-0.2, 0) is 26.2 Å². The average Bonchev–Trinajstić information content (AvgIpc) is 2.91. The van der Waals surface area contributed by atoms with Crippen LogP contribution >= 0.6 is 0 Å². The van der Waals surface area contributed by atoms with Crippen molar-refractivity contribution in [2.24, 2.45) is 5.92 Å². The fraction of sp³-hybridized carbons (Fsp3) is 0.333. The van der Waals surface area contributed by atoms with Gasteiger partial charge in [0.1, 0.15) is 12.6 Å². The predicted molar refractivity (Wildman–Crippen MR) is 151 cm³/mol. The van der Waals surface area contributed by atoms with E-state index in [4.69, 9.17) is 0 Å². The first-order chi connectivity index (χ1) is 18.1. The summed E-state index contributed by atoms with van der Waals surface area (Å²) < 4.78 is 28.7. The molecule has 0 radical (unpaired) electrons. The van der Waals surface area contributed by atoms with Gasteiger partial charge in [-0.25, -0.2) is 8.42 Å². The smallest absolute Gasteiger partial charge is 0.264 e. The predicted octanol–water partition coefficient (Wildman–Crippen LogP) is 4.77. The number of benzene rings is 3. The van der Waals surface area contributed by atoms with Gasteiger partial charge < -0.3 is 10.2 Å². The summed E-state index contributed by atoms with van der Waals surface area (Å²) in [7, 11) is -4.06. The minimum absolute atomic E-state index is 0.0936. The Hall–Kier alpha value is -3.65. The lowest BCUT2D eigenvalue weighted by molar-refractivity contribution is -0.140. The molecule has 3 aromatic carbocycles. The van der Waals surface area contributed by atoms with E-state index in [1.54, 1.807) is 54.6 Å². The Morgan fingerprint density at radius 1 is 0.868 bits per heavy atom. The van der Waals surface area contributed by atoms with Crippen LogP contribution in [0.1, 0.15) is 38.3 Å². The lowest BCUT2D eigenvalue weighted by Crippen LogP contribution is -2.52. The van der Waals surface area contributed by atoms with Gasteiger partial charge in [0.05, 0.1) is 10.6 Å². The lowest BCUT2D eigenvalue weighted by Gasteiger charge is -2.33. The summed E-state index contributed by atoms with van der Waals surface area (Å²) in [5, 5.41) is 2.94. The highest BCUT2D eigenvalue weighted by molar-refractivity contribution is 7.92. The summed E-state index contributed by atoms with van der Waals surface area (Å²) in [4.78, 5) is 28.7. The summed E-state index contributed by atoms with van der Waals surface area (Å²) in [5.74, 6) is -0.457. The summed E-state index contributed by atoms with van der Waals surface area (Å²) in [5.41, 5.74) is 2.15. The van der Waals surface area contributed by atoms with Gasteiger partial charge in [-0.05, 0) is 49.1 Å². The molecule has 3 aromatic rings. The van der Waals surface area contributed by atoms with E-state index in [1.807, 2.05) is 58.0 Å². The van der Waals surface area contributed by atoms with E-state index in [-0.39, 0.29) is 23.3 Å². The van der Waals surface area contributed by atoms with Crippen molar-refractivity contribution in [2.75, 3.05) is 17.4 Å². The van der Waals surface area contributed by atoms with Gasteiger partial charge in [0.15, 0.2) is 0 Å². The van der Waals surface area contributed by atoms with Gasteiger partial charge in [-0.1, -0.05) is 87.0 Å². The number of carbonyl (C=O) groups excluding carboxylic acids is 2. The first-order valence-corrected chi connectivity index (χ1v) is 14.3. The van der Waals surface area contributed by atoms with E-state index < -0.39 is 28.5 Å². The lowest BCUT2D eigenvalue weighted by atomic mass is 10.1. The second kappa shape index (κ2) is 13.2. The number of amides is 2. The minimum Gasteiger partial charge on any atom is -0.354 e. The molecule has 1 atom stereocenters. The van der Waals surface area contributed by atoms with Crippen LogP contribution in [-0.4, -0.2) is 44.3 Å². The molecule has 1 unspecified atom stereocenters. The highest BCUT2D eigenvalue weighted by Crippen LogP contribution is 2.25. The van der Waals surface area contributed by atoms with Crippen LogP contribution in [0.25, 0.3) is 0 Å². The molecule has 38 heavy (non-hydrogen) atoms. The van der Waals surface area contributed by atoms with E-state index in [0.717, 1.165) is 15.4 Å². The number of sulfonamides is 1.